The van der Waals surface area contributed by atoms with Crippen LogP contribution >= 0.6 is 0 Å². The molecule has 2 bridgehead atoms. The van der Waals surface area contributed by atoms with E-state index in [1.807, 2.05) is 24.3 Å². The third-order valence-corrected chi connectivity index (χ3v) is 6.40. The number of para-hydroxylation sites is 1. The van der Waals surface area contributed by atoms with Gasteiger partial charge in [0.05, 0.1) is 5.56 Å². The van der Waals surface area contributed by atoms with Gasteiger partial charge in [-0.25, -0.2) is 0 Å². The van der Waals surface area contributed by atoms with Gasteiger partial charge in [-0.05, 0) is 56.6 Å². The molecule has 6 rings (SSSR count). The van der Waals surface area contributed by atoms with E-state index >= 15 is 0 Å². The Morgan fingerprint density at radius 3 is 2.71 bits per heavy atom. The molecule has 1 aliphatic heterocycles. The molecule has 1 aromatic rings. The smallest absolute Gasteiger partial charge is 0.255 e. The highest BCUT2D eigenvalue weighted by molar-refractivity contribution is 6.02. The van der Waals surface area contributed by atoms with Crippen molar-refractivity contribution in [1.82, 2.24) is 10.6 Å². The molecule has 4 saturated carbocycles. The van der Waals surface area contributed by atoms with Crippen LogP contribution in [0.3, 0.4) is 0 Å². The minimum atomic E-state index is -0.370. The van der Waals surface area contributed by atoms with Crippen LogP contribution in [0.5, 0.6) is 0 Å². The van der Waals surface area contributed by atoms with Gasteiger partial charge in [-0.15, -0.1) is 0 Å². The summed E-state index contributed by atoms with van der Waals surface area (Å²) in [5.41, 5.74) is 1.27. The van der Waals surface area contributed by atoms with Gasteiger partial charge in [-0.1, -0.05) is 12.1 Å². The van der Waals surface area contributed by atoms with E-state index in [1.54, 1.807) is 0 Å². The van der Waals surface area contributed by atoms with E-state index in [9.17, 15) is 9.59 Å². The highest BCUT2D eigenvalue weighted by Gasteiger charge is 2.55. The second kappa shape index (κ2) is 4.98. The van der Waals surface area contributed by atoms with Crippen molar-refractivity contribution in [1.29, 1.82) is 0 Å². The zero-order valence-corrected chi connectivity index (χ0v) is 13.7. The lowest BCUT2D eigenvalue weighted by molar-refractivity contribution is -0.132. The van der Waals surface area contributed by atoms with E-state index in [-0.39, 0.29) is 23.4 Å². The van der Waals surface area contributed by atoms with Gasteiger partial charge in [-0.2, -0.15) is 0 Å². The van der Waals surface area contributed by atoms with E-state index in [0.717, 1.165) is 44.2 Å². The van der Waals surface area contributed by atoms with Crippen molar-refractivity contribution in [2.45, 2.75) is 50.2 Å². The van der Waals surface area contributed by atoms with Crippen LogP contribution in [0.4, 0.5) is 5.69 Å². The van der Waals surface area contributed by atoms with Crippen LogP contribution in [0.15, 0.2) is 24.3 Å². The van der Waals surface area contributed by atoms with Gasteiger partial charge in [0.1, 0.15) is 5.66 Å². The molecule has 0 unspecified atom stereocenters. The standard InChI is InChI=1S/C19H23N3O2/c23-17(20-13-7-8-13)15-9-12-6-5-11(15)10-19(12)21-16-4-2-1-3-14(16)18(24)22-19/h1-4,11-13,15,21H,5-10H2,(H,20,23)(H,22,24)/t11-,12+,15-,19+/m0/s1. The van der Waals surface area contributed by atoms with Gasteiger partial charge in [0.25, 0.3) is 5.91 Å². The van der Waals surface area contributed by atoms with Gasteiger partial charge in [0.15, 0.2) is 0 Å². The highest BCUT2D eigenvalue weighted by Crippen LogP contribution is 2.51. The molecule has 0 radical (unpaired) electrons. The van der Waals surface area contributed by atoms with Gasteiger partial charge in [0.2, 0.25) is 5.91 Å². The van der Waals surface area contributed by atoms with Crippen molar-refractivity contribution in [2.75, 3.05) is 5.32 Å². The minimum Gasteiger partial charge on any atom is -0.362 e. The fourth-order valence-corrected chi connectivity index (χ4v) is 5.00. The van der Waals surface area contributed by atoms with E-state index in [4.69, 9.17) is 0 Å². The number of amides is 2. The molecule has 4 fully saturated rings. The monoisotopic (exact) mass is 325 g/mol. The lowest BCUT2D eigenvalue weighted by Gasteiger charge is -2.56. The van der Waals surface area contributed by atoms with Crippen LogP contribution in [0.1, 0.15) is 48.9 Å². The Kier molecular flexibility index (Phi) is 2.97. The van der Waals surface area contributed by atoms with E-state index in [1.165, 1.54) is 0 Å². The molecule has 2 amide bonds. The number of hydrogen-bond acceptors (Lipinski definition) is 3. The van der Waals surface area contributed by atoms with E-state index < -0.39 is 0 Å². The average Bonchev–Trinajstić information content (AvgIpc) is 3.39. The number of carbonyl (C=O) groups is 2. The predicted octanol–water partition coefficient (Wildman–Crippen LogP) is 2.25. The largest absolute Gasteiger partial charge is 0.362 e. The Hall–Kier alpha value is -2.04. The average molecular weight is 325 g/mol. The summed E-state index contributed by atoms with van der Waals surface area (Å²) in [6, 6.07) is 8.12. The maximum atomic E-state index is 12.6. The summed E-state index contributed by atoms with van der Waals surface area (Å²) in [6.07, 6.45) is 6.15. The Balaban J connectivity index is 1.40. The third kappa shape index (κ3) is 2.14. The van der Waals surface area contributed by atoms with Crippen molar-refractivity contribution in [3.8, 4) is 0 Å². The first-order valence-corrected chi connectivity index (χ1v) is 9.15. The maximum Gasteiger partial charge on any atom is 0.255 e. The normalized spacial score (nSPS) is 36.7. The number of rotatable bonds is 2. The molecule has 3 N–H and O–H groups in total. The first-order chi connectivity index (χ1) is 11.6. The van der Waals surface area contributed by atoms with Gasteiger partial charge in [0, 0.05) is 23.6 Å². The van der Waals surface area contributed by atoms with E-state index in [0.29, 0.717) is 23.4 Å². The summed E-state index contributed by atoms with van der Waals surface area (Å²) in [5, 5.41) is 10.1. The summed E-state index contributed by atoms with van der Waals surface area (Å²) in [7, 11) is 0. The molecule has 24 heavy (non-hydrogen) atoms. The fraction of sp³-hybridized carbons (Fsp3) is 0.579. The molecule has 5 aliphatic rings. The fourth-order valence-electron chi connectivity index (χ4n) is 5.00. The number of hydrogen-bond donors (Lipinski definition) is 3. The van der Waals surface area contributed by atoms with Crippen LogP contribution in [0.2, 0.25) is 0 Å². The van der Waals surface area contributed by atoms with Crippen LogP contribution in [0, 0.1) is 17.8 Å². The summed E-state index contributed by atoms with van der Waals surface area (Å²) in [4.78, 5) is 25.1. The van der Waals surface area contributed by atoms with Gasteiger partial charge < -0.3 is 16.0 Å². The van der Waals surface area contributed by atoms with Crippen molar-refractivity contribution in [2.24, 2.45) is 17.8 Å². The van der Waals surface area contributed by atoms with Crippen molar-refractivity contribution < 1.29 is 9.59 Å². The highest BCUT2D eigenvalue weighted by atomic mass is 16.2. The number of nitrogens with one attached hydrogen (secondary N) is 3. The molecule has 4 aliphatic carbocycles. The van der Waals surface area contributed by atoms with Crippen LogP contribution in [-0.2, 0) is 4.79 Å². The second-order valence-electron chi connectivity index (χ2n) is 7.96. The number of carbonyl (C=O) groups excluding carboxylic acids is 2. The predicted molar refractivity (Wildman–Crippen MR) is 90.4 cm³/mol. The topological polar surface area (TPSA) is 70.2 Å². The lowest BCUT2D eigenvalue weighted by atomic mass is 9.58. The van der Waals surface area contributed by atoms with Crippen molar-refractivity contribution in [3.05, 3.63) is 29.8 Å². The summed E-state index contributed by atoms with van der Waals surface area (Å²) in [6.45, 7) is 0. The molecule has 5 heteroatoms. The Morgan fingerprint density at radius 2 is 1.96 bits per heavy atom. The SMILES string of the molecule is O=C1N[C@@]2(C[C@@H]3CC[C@@H]2C[C@@H]3C(=O)NC2CC2)Nc2ccccc21. The van der Waals surface area contributed by atoms with Gasteiger partial charge in [-0.3, -0.25) is 9.59 Å². The van der Waals surface area contributed by atoms with Gasteiger partial charge >= 0.3 is 0 Å². The van der Waals surface area contributed by atoms with Crippen LogP contribution in [0.25, 0.3) is 0 Å². The zero-order valence-electron chi connectivity index (χ0n) is 13.7. The molecule has 0 aromatic heterocycles. The molecule has 0 saturated heterocycles. The summed E-state index contributed by atoms with van der Waals surface area (Å²) in [5.74, 6) is 1.04. The Bertz CT molecular complexity index is 714. The number of fused-ring (bicyclic) bond motifs is 3. The van der Waals surface area contributed by atoms with Crippen LogP contribution < -0.4 is 16.0 Å². The Labute approximate surface area is 141 Å². The molecular formula is C19H23N3O2. The Morgan fingerprint density at radius 1 is 1.12 bits per heavy atom. The maximum absolute atomic E-state index is 12.6. The quantitative estimate of drug-likeness (QED) is 0.781. The summed E-state index contributed by atoms with van der Waals surface area (Å²) < 4.78 is 0. The first kappa shape index (κ1) is 14.3. The zero-order chi connectivity index (χ0) is 16.3. The third-order valence-electron chi connectivity index (χ3n) is 6.40. The molecule has 126 valence electrons. The van der Waals surface area contributed by atoms with E-state index in [2.05, 4.69) is 16.0 Å². The number of benzene rings is 1. The first-order valence-electron chi connectivity index (χ1n) is 9.15. The number of anilines is 1. The molecule has 1 heterocycles. The molecule has 4 atom stereocenters. The minimum absolute atomic E-state index is 0.0101. The van der Waals surface area contributed by atoms with Crippen molar-refractivity contribution in [3.63, 3.8) is 0 Å². The summed E-state index contributed by atoms with van der Waals surface area (Å²) >= 11 is 0. The molecule has 1 aromatic carbocycles. The van der Waals surface area contributed by atoms with Crippen LogP contribution in [-0.4, -0.2) is 23.5 Å². The van der Waals surface area contributed by atoms with Crippen molar-refractivity contribution >= 4 is 17.5 Å². The second-order valence-corrected chi connectivity index (χ2v) is 7.96. The molecular weight excluding hydrogens is 302 g/mol. The molecule has 1 spiro atoms. The molecule has 5 nitrogen and oxygen atoms in total. The lowest BCUT2D eigenvalue weighted by Crippen LogP contribution is -2.68.